The molecule has 1 aromatic carbocycles. The van der Waals surface area contributed by atoms with Crippen LogP contribution < -0.4 is 0 Å². The van der Waals surface area contributed by atoms with Gasteiger partial charge in [0.25, 0.3) is 0 Å². The van der Waals surface area contributed by atoms with E-state index in [9.17, 15) is 9.67 Å². The molecule has 1 rings (SSSR count). The Kier molecular flexibility index (Phi) is 8.77. The van der Waals surface area contributed by atoms with Crippen LogP contribution in [0.3, 0.4) is 0 Å². The van der Waals surface area contributed by atoms with E-state index in [4.69, 9.17) is 9.05 Å². The van der Waals surface area contributed by atoms with Gasteiger partial charge in [-0.2, -0.15) is 0 Å². The largest absolute Gasteiger partial charge is 0.508 e. The van der Waals surface area contributed by atoms with Crippen LogP contribution in [0.5, 0.6) is 5.75 Å². The third kappa shape index (κ3) is 6.51. The molecule has 0 bridgehead atoms. The number of phenols is 1. The summed E-state index contributed by atoms with van der Waals surface area (Å²) in [5.41, 5.74) is 1.91. The molecule has 5 heteroatoms. The first-order valence-electron chi connectivity index (χ1n) is 8.23. The molecule has 0 heterocycles. The molecule has 0 fully saturated rings. The maximum Gasteiger partial charge on any atom is 0.335 e. The van der Waals surface area contributed by atoms with Gasteiger partial charge in [0.1, 0.15) is 5.75 Å². The molecule has 0 aliphatic rings. The van der Waals surface area contributed by atoms with Crippen molar-refractivity contribution in [2.75, 3.05) is 13.2 Å². The lowest BCUT2D eigenvalue weighted by molar-refractivity contribution is 0.199. The highest BCUT2D eigenvalue weighted by Crippen LogP contribution is 2.52. The van der Waals surface area contributed by atoms with Gasteiger partial charge in [-0.25, -0.2) is 0 Å². The first kappa shape index (κ1) is 19.2. The molecule has 0 aromatic heterocycles. The number of hydrogen-bond acceptors (Lipinski definition) is 4. The molecule has 0 amide bonds. The van der Waals surface area contributed by atoms with Crippen LogP contribution in [-0.4, -0.2) is 18.3 Å². The van der Waals surface area contributed by atoms with Gasteiger partial charge in [0.05, 0.1) is 19.4 Å². The number of aromatic hydroxyl groups is 1. The summed E-state index contributed by atoms with van der Waals surface area (Å²) in [5.74, 6) is 0.231. The van der Waals surface area contributed by atoms with E-state index in [1.165, 1.54) is 0 Å². The van der Waals surface area contributed by atoms with Crippen LogP contribution in [-0.2, 0) is 26.2 Å². The van der Waals surface area contributed by atoms with Crippen LogP contribution in [0.15, 0.2) is 18.2 Å². The van der Waals surface area contributed by atoms with Crippen LogP contribution >= 0.6 is 7.60 Å². The van der Waals surface area contributed by atoms with E-state index in [0.29, 0.717) is 13.2 Å². The molecule has 4 nitrogen and oxygen atoms in total. The number of hydrogen-bond donors (Lipinski definition) is 1. The van der Waals surface area contributed by atoms with E-state index in [1.807, 2.05) is 13.0 Å². The minimum atomic E-state index is -3.14. The molecule has 0 radical (unpaired) electrons. The van der Waals surface area contributed by atoms with Gasteiger partial charge in [-0.1, -0.05) is 39.7 Å². The Morgan fingerprint density at radius 3 is 2.09 bits per heavy atom. The van der Waals surface area contributed by atoms with Gasteiger partial charge < -0.3 is 14.2 Å². The molecular formula is C17H29O4P. The molecule has 22 heavy (non-hydrogen) atoms. The van der Waals surface area contributed by atoms with E-state index in [-0.39, 0.29) is 11.9 Å². The molecule has 126 valence electrons. The topological polar surface area (TPSA) is 55.8 Å². The SMILES string of the molecule is CCCCOP(=O)(Cc1ccc(O)cc1CC)OCCCC. The van der Waals surface area contributed by atoms with Gasteiger partial charge >= 0.3 is 7.60 Å². The molecule has 0 unspecified atom stereocenters. The van der Waals surface area contributed by atoms with Crippen molar-refractivity contribution in [2.24, 2.45) is 0 Å². The lowest BCUT2D eigenvalue weighted by atomic mass is 10.1. The third-order valence-corrected chi connectivity index (χ3v) is 5.39. The summed E-state index contributed by atoms with van der Waals surface area (Å²) in [6.45, 7) is 7.07. The van der Waals surface area contributed by atoms with E-state index < -0.39 is 7.60 Å². The Balaban J connectivity index is 2.84. The first-order valence-corrected chi connectivity index (χ1v) is 9.96. The predicted molar refractivity (Wildman–Crippen MR) is 90.5 cm³/mol. The number of rotatable bonds is 11. The summed E-state index contributed by atoms with van der Waals surface area (Å²) >= 11 is 0. The van der Waals surface area contributed by atoms with Crippen LogP contribution in [0.2, 0.25) is 0 Å². The Bertz CT molecular complexity index is 474. The van der Waals surface area contributed by atoms with Crippen LogP contribution in [0.4, 0.5) is 0 Å². The standard InChI is InChI=1S/C17H29O4P/c1-4-7-11-20-22(19,21-12-8-5-2)14-16-9-10-17(18)13-15(16)6-3/h9-10,13,18H,4-8,11-12,14H2,1-3H3. The lowest BCUT2D eigenvalue weighted by Gasteiger charge is -2.20. The van der Waals surface area contributed by atoms with Gasteiger partial charge in [0.2, 0.25) is 0 Å². The van der Waals surface area contributed by atoms with Crippen molar-refractivity contribution in [3.8, 4) is 5.75 Å². The smallest absolute Gasteiger partial charge is 0.335 e. The van der Waals surface area contributed by atoms with Crippen molar-refractivity contribution >= 4 is 7.60 Å². The highest BCUT2D eigenvalue weighted by Gasteiger charge is 2.26. The fourth-order valence-corrected chi connectivity index (χ4v) is 3.93. The molecule has 0 atom stereocenters. The zero-order valence-electron chi connectivity index (χ0n) is 14.0. The summed E-state index contributed by atoms with van der Waals surface area (Å²) in [5, 5.41) is 9.58. The normalized spacial score (nSPS) is 11.8. The summed E-state index contributed by atoms with van der Waals surface area (Å²) in [6.07, 6.45) is 4.77. The van der Waals surface area contributed by atoms with Crippen LogP contribution in [0, 0.1) is 0 Å². The van der Waals surface area contributed by atoms with Gasteiger partial charge in [-0.15, -0.1) is 0 Å². The zero-order valence-corrected chi connectivity index (χ0v) is 14.9. The van der Waals surface area contributed by atoms with Crippen molar-refractivity contribution in [2.45, 2.75) is 59.0 Å². The average molecular weight is 328 g/mol. The maximum absolute atomic E-state index is 13.0. The second-order valence-corrected chi connectivity index (χ2v) is 7.50. The number of unbranched alkanes of at least 4 members (excludes halogenated alkanes) is 2. The fraction of sp³-hybridized carbons (Fsp3) is 0.647. The Morgan fingerprint density at radius 1 is 1.00 bits per heavy atom. The molecule has 1 N–H and O–H groups in total. The first-order chi connectivity index (χ1) is 10.5. The molecule has 0 aliphatic carbocycles. The van der Waals surface area contributed by atoms with Crippen molar-refractivity contribution in [1.82, 2.24) is 0 Å². The van der Waals surface area contributed by atoms with E-state index in [2.05, 4.69) is 13.8 Å². The van der Waals surface area contributed by atoms with E-state index in [1.54, 1.807) is 12.1 Å². The number of aryl methyl sites for hydroxylation is 1. The Labute approximate surface area is 134 Å². The third-order valence-electron chi connectivity index (χ3n) is 3.51. The maximum atomic E-state index is 13.0. The predicted octanol–water partition coefficient (Wildman–Crippen LogP) is 5.28. The van der Waals surface area contributed by atoms with Gasteiger partial charge in [0.15, 0.2) is 0 Å². The molecule has 0 spiro atoms. The second kappa shape index (κ2) is 10.0. The van der Waals surface area contributed by atoms with E-state index in [0.717, 1.165) is 43.2 Å². The summed E-state index contributed by atoms with van der Waals surface area (Å²) in [7, 11) is -3.14. The Hall–Kier alpha value is -0.830. The summed E-state index contributed by atoms with van der Waals surface area (Å²) in [4.78, 5) is 0. The highest BCUT2D eigenvalue weighted by atomic mass is 31.2. The minimum Gasteiger partial charge on any atom is -0.508 e. The molecule has 0 saturated heterocycles. The zero-order chi connectivity index (χ0) is 16.4. The molecule has 1 aromatic rings. The minimum absolute atomic E-state index is 0.231. The van der Waals surface area contributed by atoms with Gasteiger partial charge in [-0.05, 0) is 42.5 Å². The Morgan fingerprint density at radius 2 is 1.59 bits per heavy atom. The second-order valence-electron chi connectivity index (χ2n) is 5.45. The number of phenolic OH excluding ortho intramolecular Hbond substituents is 1. The van der Waals surface area contributed by atoms with E-state index >= 15 is 0 Å². The van der Waals surface area contributed by atoms with Crippen LogP contribution in [0.25, 0.3) is 0 Å². The monoisotopic (exact) mass is 328 g/mol. The summed E-state index contributed by atoms with van der Waals surface area (Å²) < 4.78 is 24.2. The van der Waals surface area contributed by atoms with Gasteiger partial charge in [-0.3, -0.25) is 4.57 Å². The van der Waals surface area contributed by atoms with Crippen molar-refractivity contribution < 1.29 is 18.7 Å². The molecule has 0 saturated carbocycles. The summed E-state index contributed by atoms with van der Waals surface area (Å²) in [6, 6.07) is 5.15. The van der Waals surface area contributed by atoms with Crippen molar-refractivity contribution in [3.05, 3.63) is 29.3 Å². The average Bonchev–Trinajstić information content (AvgIpc) is 2.49. The molecular weight excluding hydrogens is 299 g/mol. The van der Waals surface area contributed by atoms with Crippen molar-refractivity contribution in [3.63, 3.8) is 0 Å². The van der Waals surface area contributed by atoms with Crippen molar-refractivity contribution in [1.29, 1.82) is 0 Å². The van der Waals surface area contributed by atoms with Gasteiger partial charge in [0, 0.05) is 0 Å². The highest BCUT2D eigenvalue weighted by molar-refractivity contribution is 7.53. The number of benzene rings is 1. The fourth-order valence-electron chi connectivity index (χ4n) is 2.13. The quantitative estimate of drug-likeness (QED) is 0.443. The lowest BCUT2D eigenvalue weighted by Crippen LogP contribution is -2.03. The van der Waals surface area contributed by atoms with Crippen LogP contribution in [0.1, 0.15) is 57.6 Å². The molecule has 0 aliphatic heterocycles.